The van der Waals surface area contributed by atoms with Gasteiger partial charge in [-0.1, -0.05) is 84.9 Å². The Morgan fingerprint density at radius 2 is 1.43 bits per heavy atom. The van der Waals surface area contributed by atoms with Crippen LogP contribution in [0.5, 0.6) is 0 Å². The van der Waals surface area contributed by atoms with Crippen molar-refractivity contribution in [2.24, 2.45) is 11.7 Å². The Kier molecular flexibility index (Phi) is 8.95. The van der Waals surface area contributed by atoms with Gasteiger partial charge in [-0.15, -0.1) is 0 Å². The number of amides is 1. The quantitative estimate of drug-likeness (QED) is 0.256. The number of nitrogens with two attached hydrogens (primary N) is 1. The molecule has 0 spiro atoms. The van der Waals surface area contributed by atoms with Crippen molar-refractivity contribution < 1.29 is 29.3 Å². The summed E-state index contributed by atoms with van der Waals surface area (Å²) in [6.45, 7) is -0.806. The van der Waals surface area contributed by atoms with Crippen LogP contribution in [0.3, 0.4) is 0 Å². The minimum absolute atomic E-state index is 0.0880. The smallest absolute Gasteiger partial charge is 0.328 e. The van der Waals surface area contributed by atoms with Crippen molar-refractivity contribution in [2.75, 3.05) is 12.8 Å². The summed E-state index contributed by atoms with van der Waals surface area (Å²) in [4.78, 5) is 35.1. The Hall–Kier alpha value is -3.29. The molecule has 6 N–H and O–H groups in total. The zero-order valence-corrected chi connectivity index (χ0v) is 19.9. The Morgan fingerprint density at radius 3 is 1.97 bits per heavy atom. The standard InChI is InChI=1S/C26H29N2O6P/c27-24(21-9-5-2-6-10-21)35(33,34)17-22(25(30)28-23(16-29)26(31)32)15-18-11-13-20(14-12-18)19-7-3-1-4-8-19/h1-14,22-24,29H,15-17,27H2,(H,28,30)(H,31,32)(H,33,34)/t22-,23+,24+/m1/s1. The zero-order valence-electron chi connectivity index (χ0n) is 19.0. The largest absolute Gasteiger partial charge is 0.480 e. The summed E-state index contributed by atoms with van der Waals surface area (Å²) in [6, 6.07) is 24.1. The number of hydrogen-bond donors (Lipinski definition) is 5. The maximum absolute atomic E-state index is 13.2. The maximum Gasteiger partial charge on any atom is 0.328 e. The van der Waals surface area contributed by atoms with Gasteiger partial charge >= 0.3 is 5.97 Å². The third-order valence-corrected chi connectivity index (χ3v) is 7.90. The molecule has 8 nitrogen and oxygen atoms in total. The van der Waals surface area contributed by atoms with Crippen LogP contribution in [0.15, 0.2) is 84.9 Å². The molecule has 1 amide bonds. The summed E-state index contributed by atoms with van der Waals surface area (Å²) >= 11 is 0. The molecule has 0 aliphatic rings. The van der Waals surface area contributed by atoms with E-state index in [2.05, 4.69) is 5.32 Å². The number of hydrogen-bond acceptors (Lipinski definition) is 5. The number of benzene rings is 3. The third-order valence-electron chi connectivity index (χ3n) is 5.77. The van der Waals surface area contributed by atoms with Gasteiger partial charge in [-0.25, -0.2) is 4.79 Å². The molecule has 3 aromatic carbocycles. The van der Waals surface area contributed by atoms with Crippen LogP contribution in [0, 0.1) is 5.92 Å². The summed E-state index contributed by atoms with van der Waals surface area (Å²) in [5, 5.41) is 20.8. The molecule has 184 valence electrons. The second-order valence-corrected chi connectivity index (χ2v) is 10.8. The lowest BCUT2D eigenvalue weighted by molar-refractivity contribution is -0.143. The number of nitrogens with one attached hydrogen (secondary N) is 1. The summed E-state index contributed by atoms with van der Waals surface area (Å²) in [5.74, 6) is -4.39. The van der Waals surface area contributed by atoms with E-state index in [1.54, 1.807) is 30.3 Å². The predicted molar refractivity (Wildman–Crippen MR) is 134 cm³/mol. The molecule has 0 saturated carbocycles. The van der Waals surface area contributed by atoms with E-state index in [1.807, 2.05) is 54.6 Å². The Balaban J connectivity index is 1.84. The van der Waals surface area contributed by atoms with Crippen molar-refractivity contribution in [3.8, 4) is 11.1 Å². The van der Waals surface area contributed by atoms with Gasteiger partial charge in [0.05, 0.1) is 12.5 Å². The number of carboxylic acid groups (broad SMARTS) is 1. The number of aliphatic carboxylic acids is 1. The molecule has 3 rings (SSSR count). The van der Waals surface area contributed by atoms with E-state index >= 15 is 0 Å². The van der Waals surface area contributed by atoms with Crippen LogP contribution in [-0.2, 0) is 20.6 Å². The highest BCUT2D eigenvalue weighted by Gasteiger charge is 2.36. The first-order chi connectivity index (χ1) is 16.7. The van der Waals surface area contributed by atoms with Crippen molar-refractivity contribution in [2.45, 2.75) is 18.2 Å². The highest BCUT2D eigenvalue weighted by atomic mass is 31.2. The molecule has 0 saturated heterocycles. The number of carbonyl (C=O) groups excluding carboxylic acids is 1. The average molecular weight is 497 g/mol. The van der Waals surface area contributed by atoms with Crippen LogP contribution < -0.4 is 11.1 Å². The van der Waals surface area contributed by atoms with E-state index in [0.29, 0.717) is 5.56 Å². The number of carbonyl (C=O) groups is 2. The molecule has 0 bridgehead atoms. The minimum atomic E-state index is -4.08. The molecular weight excluding hydrogens is 467 g/mol. The van der Waals surface area contributed by atoms with Crippen molar-refractivity contribution in [1.29, 1.82) is 0 Å². The molecule has 35 heavy (non-hydrogen) atoms. The molecule has 9 heteroatoms. The van der Waals surface area contributed by atoms with Crippen LogP contribution in [0.25, 0.3) is 11.1 Å². The van der Waals surface area contributed by atoms with Crippen LogP contribution in [0.1, 0.15) is 16.9 Å². The van der Waals surface area contributed by atoms with Gasteiger partial charge in [-0.3, -0.25) is 9.36 Å². The second-order valence-electron chi connectivity index (χ2n) is 8.34. The van der Waals surface area contributed by atoms with E-state index in [1.165, 1.54) is 0 Å². The lowest BCUT2D eigenvalue weighted by Gasteiger charge is -2.25. The summed E-state index contributed by atoms with van der Waals surface area (Å²) in [6.07, 6.45) is -0.363. The molecular formula is C26H29N2O6P. The molecule has 0 heterocycles. The molecule has 0 aliphatic carbocycles. The van der Waals surface area contributed by atoms with E-state index in [4.69, 9.17) is 5.73 Å². The Labute approximate surface area is 203 Å². The van der Waals surface area contributed by atoms with Gasteiger partial charge in [0.2, 0.25) is 13.3 Å². The lowest BCUT2D eigenvalue weighted by atomic mass is 9.97. The van der Waals surface area contributed by atoms with E-state index < -0.39 is 49.8 Å². The van der Waals surface area contributed by atoms with E-state index in [0.717, 1.165) is 16.7 Å². The second kappa shape index (κ2) is 11.9. The van der Waals surface area contributed by atoms with Gasteiger partial charge in [-0.2, -0.15) is 0 Å². The third kappa shape index (κ3) is 7.10. The first kappa shape index (κ1) is 26.3. The van der Waals surface area contributed by atoms with Crippen molar-refractivity contribution >= 4 is 19.2 Å². The van der Waals surface area contributed by atoms with Crippen LogP contribution in [0.4, 0.5) is 0 Å². The van der Waals surface area contributed by atoms with Crippen molar-refractivity contribution in [1.82, 2.24) is 5.32 Å². The monoisotopic (exact) mass is 496 g/mol. The van der Waals surface area contributed by atoms with E-state index in [-0.39, 0.29) is 6.42 Å². The first-order valence-corrected chi connectivity index (χ1v) is 13.0. The molecule has 0 aromatic heterocycles. The van der Waals surface area contributed by atoms with Gasteiger partial charge in [0.1, 0.15) is 11.8 Å². The molecule has 1 unspecified atom stereocenters. The topological polar surface area (TPSA) is 150 Å². The maximum atomic E-state index is 13.2. The normalized spacial score (nSPS) is 15.4. The highest BCUT2D eigenvalue weighted by Crippen LogP contribution is 2.54. The molecule has 0 radical (unpaired) electrons. The average Bonchev–Trinajstić information content (AvgIpc) is 2.87. The zero-order chi connectivity index (χ0) is 25.4. The number of aliphatic hydroxyl groups is 1. The fourth-order valence-electron chi connectivity index (χ4n) is 3.78. The Bertz CT molecular complexity index is 1170. The fourth-order valence-corrected chi connectivity index (χ4v) is 5.57. The summed E-state index contributed by atoms with van der Waals surface area (Å²) in [5.41, 5.74) is 9.28. The first-order valence-electron chi connectivity index (χ1n) is 11.1. The minimum Gasteiger partial charge on any atom is -0.480 e. The van der Waals surface area contributed by atoms with Crippen LogP contribution >= 0.6 is 7.37 Å². The van der Waals surface area contributed by atoms with Crippen molar-refractivity contribution in [3.63, 3.8) is 0 Å². The van der Waals surface area contributed by atoms with Gasteiger partial charge in [-0.05, 0) is 28.7 Å². The SMILES string of the molecule is N[C@H](c1ccccc1)P(=O)(O)C[C@@H](Cc1ccc(-c2ccccc2)cc1)C(=O)N[C@@H](CO)C(=O)O. The summed E-state index contributed by atoms with van der Waals surface area (Å²) in [7, 11) is -4.08. The van der Waals surface area contributed by atoms with E-state index in [9.17, 15) is 29.3 Å². The number of rotatable bonds is 11. The van der Waals surface area contributed by atoms with Gasteiger partial charge in [0.25, 0.3) is 0 Å². The predicted octanol–water partition coefficient (Wildman–Crippen LogP) is 3.00. The molecule has 0 fully saturated rings. The number of carboxylic acids is 1. The molecule has 3 aromatic rings. The number of aliphatic hydroxyl groups excluding tert-OH is 1. The summed E-state index contributed by atoms with van der Waals surface area (Å²) < 4.78 is 13.2. The Morgan fingerprint density at radius 1 is 0.886 bits per heavy atom. The van der Waals surface area contributed by atoms with Crippen LogP contribution in [-0.4, -0.2) is 45.8 Å². The van der Waals surface area contributed by atoms with Gasteiger partial charge < -0.3 is 26.2 Å². The van der Waals surface area contributed by atoms with Gasteiger partial charge in [0.15, 0.2) is 0 Å². The molecule has 4 atom stereocenters. The fraction of sp³-hybridized carbons (Fsp3) is 0.231. The van der Waals surface area contributed by atoms with Crippen LogP contribution in [0.2, 0.25) is 0 Å². The lowest BCUT2D eigenvalue weighted by Crippen LogP contribution is -2.47. The van der Waals surface area contributed by atoms with Crippen molar-refractivity contribution in [3.05, 3.63) is 96.1 Å². The van der Waals surface area contributed by atoms with Gasteiger partial charge in [0, 0.05) is 6.16 Å². The molecule has 0 aliphatic heterocycles. The highest BCUT2D eigenvalue weighted by molar-refractivity contribution is 7.58.